The molecule has 2 rings (SSSR count). The Bertz CT molecular complexity index is 1050. The molecule has 0 aromatic heterocycles. The van der Waals surface area contributed by atoms with Crippen LogP contribution in [-0.4, -0.2) is 55.9 Å². The molecule has 11 nitrogen and oxygen atoms in total. The zero-order valence-corrected chi connectivity index (χ0v) is 19.8. The molecule has 12 heteroatoms. The molecule has 4 N–H and O–H groups in total. The number of hydrogen-bond donors (Lipinski definition) is 4. The fourth-order valence-corrected chi connectivity index (χ4v) is 3.23. The van der Waals surface area contributed by atoms with E-state index in [2.05, 4.69) is 16.0 Å². The van der Waals surface area contributed by atoms with E-state index in [1.807, 2.05) is 36.4 Å². The molecular weight excluding hydrogens is 478 g/mol. The topological polar surface area (TPSA) is 160 Å². The van der Waals surface area contributed by atoms with Crippen LogP contribution in [0.2, 0.25) is 0 Å². The van der Waals surface area contributed by atoms with Crippen molar-refractivity contribution >= 4 is 28.2 Å². The lowest BCUT2D eigenvalue weighted by atomic mass is 10.1. The molecule has 0 unspecified atom stereocenters. The molecule has 0 radical (unpaired) electrons. The van der Waals surface area contributed by atoms with Crippen molar-refractivity contribution in [3.8, 4) is 0 Å². The number of alkyl carbamates (subject to hydrolysis) is 2. The fourth-order valence-electron chi connectivity index (χ4n) is 2.87. The average Bonchev–Trinajstić information content (AvgIpc) is 2.83. The maximum Gasteiger partial charge on any atom is 0.408 e. The second kappa shape index (κ2) is 14.6. The van der Waals surface area contributed by atoms with Crippen molar-refractivity contribution < 1.29 is 36.8 Å². The molecule has 0 saturated carbocycles. The predicted molar refractivity (Wildman–Crippen MR) is 127 cm³/mol. The van der Waals surface area contributed by atoms with Crippen LogP contribution in [-0.2, 0) is 37.6 Å². The smallest absolute Gasteiger partial charge is 0.408 e. The summed E-state index contributed by atoms with van der Waals surface area (Å²) in [7, 11) is -4.25. The molecule has 1 atom stereocenters. The van der Waals surface area contributed by atoms with Crippen LogP contribution in [0.3, 0.4) is 0 Å². The van der Waals surface area contributed by atoms with E-state index >= 15 is 0 Å². The number of carbonyl (C=O) groups is 3. The highest BCUT2D eigenvalue weighted by molar-refractivity contribution is 7.85. The van der Waals surface area contributed by atoms with E-state index in [4.69, 9.17) is 14.0 Å². The summed E-state index contributed by atoms with van der Waals surface area (Å²) in [4.78, 5) is 36.5. The molecule has 0 aliphatic carbocycles. The van der Waals surface area contributed by atoms with Gasteiger partial charge in [-0.15, -0.1) is 0 Å². The summed E-state index contributed by atoms with van der Waals surface area (Å²) < 4.78 is 40.8. The minimum atomic E-state index is -4.25. The Labute approximate surface area is 203 Å². The predicted octanol–water partition coefficient (Wildman–Crippen LogP) is 1.99. The lowest BCUT2D eigenvalue weighted by molar-refractivity contribution is -0.123. The quantitative estimate of drug-likeness (QED) is 0.236. The van der Waals surface area contributed by atoms with Crippen LogP contribution in [0.5, 0.6) is 0 Å². The van der Waals surface area contributed by atoms with Gasteiger partial charge in [0.2, 0.25) is 5.91 Å². The van der Waals surface area contributed by atoms with Crippen molar-refractivity contribution in [2.45, 2.75) is 32.1 Å². The van der Waals surface area contributed by atoms with Gasteiger partial charge in [0.15, 0.2) is 0 Å². The lowest BCUT2D eigenvalue weighted by Gasteiger charge is -2.18. The van der Waals surface area contributed by atoms with E-state index in [1.54, 1.807) is 24.3 Å². The number of hydrogen-bond acceptors (Lipinski definition) is 7. The van der Waals surface area contributed by atoms with Gasteiger partial charge in [-0.1, -0.05) is 60.7 Å². The maximum atomic E-state index is 12.5. The number of amides is 3. The van der Waals surface area contributed by atoms with Crippen molar-refractivity contribution in [3.05, 3.63) is 71.8 Å². The number of nitrogens with one attached hydrogen (secondary N) is 3. The monoisotopic (exact) mass is 507 g/mol. The van der Waals surface area contributed by atoms with Crippen molar-refractivity contribution in [2.75, 3.05) is 18.8 Å². The first-order chi connectivity index (χ1) is 16.7. The van der Waals surface area contributed by atoms with Crippen LogP contribution in [0.1, 0.15) is 24.0 Å². The Balaban J connectivity index is 1.80. The summed E-state index contributed by atoms with van der Waals surface area (Å²) in [6.45, 7) is -0.0546. The standard InChI is InChI=1S/C23H29N3O8S/c27-21(24-14-15-35(30,31)32)20(26-23(29)34-17-19-10-5-2-6-11-19)12-7-13-25-22(28)33-16-18-8-3-1-4-9-18/h1-6,8-11,20H,7,12-17H2,(H,24,27)(H,25,28)(H,26,29)(H,30,31,32)/t20-/m0/s1. The van der Waals surface area contributed by atoms with Crippen LogP contribution >= 0.6 is 0 Å². The molecule has 0 aliphatic rings. The SMILES string of the molecule is O=C(NCCC[C@H](NC(=O)OCc1ccccc1)C(=O)NCCS(=O)(=O)O)OCc1ccccc1. The highest BCUT2D eigenvalue weighted by atomic mass is 32.2. The molecule has 190 valence electrons. The Morgan fingerprint density at radius 1 is 0.800 bits per heavy atom. The van der Waals surface area contributed by atoms with Crippen molar-refractivity contribution in [2.24, 2.45) is 0 Å². The van der Waals surface area contributed by atoms with E-state index in [9.17, 15) is 22.8 Å². The maximum absolute atomic E-state index is 12.5. The van der Waals surface area contributed by atoms with Gasteiger partial charge in [0.05, 0.1) is 5.75 Å². The third kappa shape index (κ3) is 12.4. The molecule has 2 aromatic carbocycles. The summed E-state index contributed by atoms with van der Waals surface area (Å²) in [6.07, 6.45) is -1.04. The molecule has 0 saturated heterocycles. The van der Waals surface area contributed by atoms with E-state index in [0.29, 0.717) is 6.42 Å². The van der Waals surface area contributed by atoms with Gasteiger partial charge < -0.3 is 25.4 Å². The Kier molecular flexibility index (Phi) is 11.5. The zero-order valence-electron chi connectivity index (χ0n) is 19.0. The minimum Gasteiger partial charge on any atom is -0.445 e. The van der Waals surface area contributed by atoms with E-state index in [-0.39, 0.29) is 32.7 Å². The zero-order chi connectivity index (χ0) is 25.5. The third-order valence-corrected chi connectivity index (χ3v) is 5.35. The molecular formula is C23H29N3O8S. The molecule has 0 fully saturated rings. The lowest BCUT2D eigenvalue weighted by Crippen LogP contribution is -2.48. The van der Waals surface area contributed by atoms with Gasteiger partial charge >= 0.3 is 12.2 Å². The molecule has 3 amide bonds. The first-order valence-corrected chi connectivity index (χ1v) is 12.5. The molecule has 0 heterocycles. The highest BCUT2D eigenvalue weighted by Gasteiger charge is 2.21. The fraction of sp³-hybridized carbons (Fsp3) is 0.348. The van der Waals surface area contributed by atoms with Crippen LogP contribution in [0, 0.1) is 0 Å². The van der Waals surface area contributed by atoms with Crippen LogP contribution in [0.4, 0.5) is 9.59 Å². The van der Waals surface area contributed by atoms with Crippen molar-refractivity contribution in [1.82, 2.24) is 16.0 Å². The molecule has 2 aromatic rings. The van der Waals surface area contributed by atoms with Gasteiger partial charge in [0.1, 0.15) is 19.3 Å². The van der Waals surface area contributed by atoms with Gasteiger partial charge in [0.25, 0.3) is 10.1 Å². The summed E-state index contributed by atoms with van der Waals surface area (Å²) in [5.74, 6) is -1.32. The number of ether oxygens (including phenoxy) is 2. The van der Waals surface area contributed by atoms with E-state index in [0.717, 1.165) is 11.1 Å². The van der Waals surface area contributed by atoms with Gasteiger partial charge in [-0.25, -0.2) is 9.59 Å². The van der Waals surface area contributed by atoms with Crippen molar-refractivity contribution in [1.29, 1.82) is 0 Å². The number of benzene rings is 2. The third-order valence-electron chi connectivity index (χ3n) is 4.63. The first-order valence-electron chi connectivity index (χ1n) is 10.9. The van der Waals surface area contributed by atoms with Gasteiger partial charge in [-0.2, -0.15) is 8.42 Å². The normalized spacial score (nSPS) is 11.7. The van der Waals surface area contributed by atoms with Gasteiger partial charge in [-0.05, 0) is 24.0 Å². The highest BCUT2D eigenvalue weighted by Crippen LogP contribution is 2.04. The van der Waals surface area contributed by atoms with Gasteiger partial charge in [-0.3, -0.25) is 9.35 Å². The molecule has 0 aliphatic heterocycles. The second-order valence-electron chi connectivity index (χ2n) is 7.47. The largest absolute Gasteiger partial charge is 0.445 e. The molecule has 0 bridgehead atoms. The molecule has 35 heavy (non-hydrogen) atoms. The van der Waals surface area contributed by atoms with E-state index < -0.39 is 40.0 Å². The van der Waals surface area contributed by atoms with Crippen molar-refractivity contribution in [3.63, 3.8) is 0 Å². The Morgan fingerprint density at radius 2 is 1.34 bits per heavy atom. The summed E-state index contributed by atoms with van der Waals surface area (Å²) in [5, 5.41) is 7.35. The second-order valence-corrected chi connectivity index (χ2v) is 9.04. The van der Waals surface area contributed by atoms with Gasteiger partial charge in [0, 0.05) is 13.1 Å². The number of rotatable bonds is 13. The first kappa shape index (κ1) is 27.6. The number of carbonyl (C=O) groups excluding carboxylic acids is 3. The minimum absolute atomic E-state index is 0.00141. The van der Waals surface area contributed by atoms with Crippen LogP contribution in [0.25, 0.3) is 0 Å². The van der Waals surface area contributed by atoms with Crippen LogP contribution < -0.4 is 16.0 Å². The summed E-state index contributed by atoms with van der Waals surface area (Å²) in [5.41, 5.74) is 1.59. The average molecular weight is 508 g/mol. The summed E-state index contributed by atoms with van der Waals surface area (Å²) in [6, 6.07) is 17.0. The Hall–Kier alpha value is -3.64. The summed E-state index contributed by atoms with van der Waals surface area (Å²) >= 11 is 0. The Morgan fingerprint density at radius 3 is 1.89 bits per heavy atom. The molecule has 0 spiro atoms. The van der Waals surface area contributed by atoms with E-state index in [1.165, 1.54) is 0 Å². The van der Waals surface area contributed by atoms with Crippen LogP contribution in [0.15, 0.2) is 60.7 Å².